The Labute approximate surface area is 175 Å². The summed E-state index contributed by atoms with van der Waals surface area (Å²) in [4.78, 5) is 14.7. The first-order valence-corrected chi connectivity index (χ1v) is 11.0. The Morgan fingerprint density at radius 2 is 2.07 bits per heavy atom. The van der Waals surface area contributed by atoms with E-state index in [0.717, 1.165) is 47.4 Å². The van der Waals surface area contributed by atoms with Gasteiger partial charge in [-0.05, 0) is 37.3 Å². The normalized spacial score (nSPS) is 16.9. The highest BCUT2D eigenvalue weighted by atomic mass is 32.2. The van der Waals surface area contributed by atoms with E-state index in [1.165, 1.54) is 18.2 Å². The van der Waals surface area contributed by atoms with E-state index in [-0.39, 0.29) is 5.91 Å². The zero-order valence-electron chi connectivity index (χ0n) is 16.9. The predicted molar refractivity (Wildman–Crippen MR) is 114 cm³/mol. The van der Waals surface area contributed by atoms with Gasteiger partial charge in [-0.2, -0.15) is 0 Å². The maximum absolute atomic E-state index is 12.7. The van der Waals surface area contributed by atoms with Crippen LogP contribution in [-0.4, -0.2) is 44.4 Å². The highest BCUT2D eigenvalue weighted by Gasteiger charge is 2.23. The fourth-order valence-corrected chi connectivity index (χ4v) is 4.59. The fourth-order valence-electron chi connectivity index (χ4n) is 3.75. The van der Waals surface area contributed by atoms with Gasteiger partial charge in [0.1, 0.15) is 5.76 Å². The van der Waals surface area contributed by atoms with Gasteiger partial charge in [0, 0.05) is 13.1 Å². The lowest BCUT2D eigenvalue weighted by atomic mass is 10.0. The van der Waals surface area contributed by atoms with Crippen molar-refractivity contribution in [3.63, 3.8) is 0 Å². The fraction of sp³-hybridized carbons (Fsp3) is 0.409. The van der Waals surface area contributed by atoms with Crippen molar-refractivity contribution in [3.05, 3.63) is 54.0 Å². The number of carbonyl (C=O) groups is 1. The van der Waals surface area contributed by atoms with Crippen LogP contribution in [0.4, 0.5) is 0 Å². The van der Waals surface area contributed by atoms with Crippen LogP contribution in [-0.2, 0) is 11.3 Å². The summed E-state index contributed by atoms with van der Waals surface area (Å²) in [5.41, 5.74) is 2.09. The Balaban J connectivity index is 1.55. The molecule has 4 rings (SSSR count). The van der Waals surface area contributed by atoms with Crippen molar-refractivity contribution in [2.24, 2.45) is 5.92 Å². The van der Waals surface area contributed by atoms with Crippen molar-refractivity contribution < 1.29 is 9.21 Å². The molecule has 1 aliphatic heterocycles. The molecule has 0 aliphatic carbocycles. The highest BCUT2D eigenvalue weighted by molar-refractivity contribution is 7.99. The lowest BCUT2D eigenvalue weighted by Gasteiger charge is -2.30. The third-order valence-electron chi connectivity index (χ3n) is 5.33. The number of thioether (sulfide) groups is 1. The third kappa shape index (κ3) is 4.56. The summed E-state index contributed by atoms with van der Waals surface area (Å²) in [5.74, 6) is 2.71. The van der Waals surface area contributed by atoms with Crippen LogP contribution in [0.15, 0.2) is 52.2 Å². The number of rotatable bonds is 6. The maximum atomic E-state index is 12.7. The quantitative estimate of drug-likeness (QED) is 0.569. The summed E-state index contributed by atoms with van der Waals surface area (Å²) in [5, 5.41) is 9.58. The zero-order valence-corrected chi connectivity index (χ0v) is 17.7. The first-order valence-electron chi connectivity index (χ1n) is 10.0. The van der Waals surface area contributed by atoms with Crippen LogP contribution in [0.1, 0.15) is 31.1 Å². The molecule has 3 heterocycles. The van der Waals surface area contributed by atoms with Gasteiger partial charge in [-0.15, -0.1) is 10.2 Å². The highest BCUT2D eigenvalue weighted by Crippen LogP contribution is 2.28. The van der Waals surface area contributed by atoms with Gasteiger partial charge < -0.3 is 9.32 Å². The second kappa shape index (κ2) is 8.86. The number of hydrogen-bond donors (Lipinski definition) is 0. The molecule has 0 radical (unpaired) electrons. The van der Waals surface area contributed by atoms with Crippen LogP contribution in [0.3, 0.4) is 0 Å². The number of amides is 1. The number of likely N-dealkylation sites (tertiary alicyclic amines) is 1. The average molecular weight is 411 g/mol. The van der Waals surface area contributed by atoms with E-state index >= 15 is 0 Å². The van der Waals surface area contributed by atoms with Crippen molar-refractivity contribution in [2.75, 3.05) is 18.8 Å². The van der Waals surface area contributed by atoms with E-state index < -0.39 is 0 Å². The minimum atomic E-state index is 0.178. The molecule has 2 aromatic heterocycles. The zero-order chi connectivity index (χ0) is 20.2. The molecular weight excluding hydrogens is 384 g/mol. The van der Waals surface area contributed by atoms with Gasteiger partial charge in [-0.1, -0.05) is 49.0 Å². The van der Waals surface area contributed by atoms with Gasteiger partial charge in [0.2, 0.25) is 5.91 Å². The van der Waals surface area contributed by atoms with Gasteiger partial charge in [0.15, 0.2) is 11.0 Å². The Kier molecular flexibility index (Phi) is 6.04. The molecule has 1 fully saturated rings. The monoisotopic (exact) mass is 410 g/mol. The summed E-state index contributed by atoms with van der Waals surface area (Å²) in [6.07, 6.45) is 3.96. The summed E-state index contributed by atoms with van der Waals surface area (Å²) < 4.78 is 7.55. The number of benzene rings is 1. The van der Waals surface area contributed by atoms with E-state index in [0.29, 0.717) is 18.2 Å². The molecule has 152 valence electrons. The smallest absolute Gasteiger partial charge is 0.233 e. The molecule has 1 atom stereocenters. The topological polar surface area (TPSA) is 64.2 Å². The van der Waals surface area contributed by atoms with Crippen LogP contribution in [0.5, 0.6) is 0 Å². The average Bonchev–Trinajstić information content (AvgIpc) is 3.32. The van der Waals surface area contributed by atoms with Crippen molar-refractivity contribution in [3.8, 4) is 11.4 Å². The van der Waals surface area contributed by atoms with Crippen LogP contribution < -0.4 is 0 Å². The molecular formula is C22H26N4O2S. The van der Waals surface area contributed by atoms with Crippen LogP contribution >= 0.6 is 11.8 Å². The first-order chi connectivity index (χ1) is 14.1. The molecule has 6 nitrogen and oxygen atoms in total. The van der Waals surface area contributed by atoms with Crippen molar-refractivity contribution in [2.45, 2.75) is 38.4 Å². The molecule has 0 saturated carbocycles. The number of aromatic nitrogens is 3. The van der Waals surface area contributed by atoms with Crippen LogP contribution in [0, 0.1) is 12.8 Å². The van der Waals surface area contributed by atoms with Gasteiger partial charge in [-0.25, -0.2) is 0 Å². The number of aryl methyl sites for hydroxylation is 1. The molecule has 0 spiro atoms. The minimum absolute atomic E-state index is 0.178. The van der Waals surface area contributed by atoms with Gasteiger partial charge >= 0.3 is 0 Å². The summed E-state index contributed by atoms with van der Waals surface area (Å²) in [6.45, 7) is 6.49. The molecule has 0 N–H and O–H groups in total. The number of furan rings is 1. The lowest BCUT2D eigenvalue weighted by molar-refractivity contribution is -0.130. The Bertz CT molecular complexity index is 966. The van der Waals surface area contributed by atoms with Crippen molar-refractivity contribution in [1.82, 2.24) is 19.7 Å². The summed E-state index contributed by atoms with van der Waals surface area (Å²) in [7, 11) is 0. The number of carbonyl (C=O) groups excluding carboxylic acids is 1. The molecule has 7 heteroatoms. The molecule has 0 bridgehead atoms. The Morgan fingerprint density at radius 3 is 2.79 bits per heavy atom. The second-order valence-corrected chi connectivity index (χ2v) is 8.59. The predicted octanol–water partition coefficient (Wildman–Crippen LogP) is 4.25. The summed E-state index contributed by atoms with van der Waals surface area (Å²) >= 11 is 1.46. The second-order valence-electron chi connectivity index (χ2n) is 7.64. The molecule has 29 heavy (non-hydrogen) atoms. The van der Waals surface area contributed by atoms with E-state index in [1.807, 2.05) is 36.1 Å². The molecule has 1 unspecified atom stereocenters. The van der Waals surface area contributed by atoms with Crippen molar-refractivity contribution in [1.29, 1.82) is 0 Å². The van der Waals surface area contributed by atoms with E-state index in [9.17, 15) is 4.79 Å². The number of hydrogen-bond acceptors (Lipinski definition) is 5. The molecule has 1 amide bonds. The molecule has 1 aromatic carbocycles. The standard InChI is InChI=1S/C22H26N4O2S/c1-16-7-6-11-25(13-16)20(27)15-29-22-24-23-21(19-10-12-28-17(19)2)26(22)14-18-8-4-3-5-9-18/h3-5,8-10,12,16H,6-7,11,13-15H2,1-2H3. The third-order valence-corrected chi connectivity index (χ3v) is 6.29. The van der Waals surface area contributed by atoms with E-state index in [4.69, 9.17) is 4.42 Å². The Morgan fingerprint density at radius 1 is 1.24 bits per heavy atom. The first kappa shape index (κ1) is 19.8. The van der Waals surface area contributed by atoms with Gasteiger partial charge in [0.25, 0.3) is 0 Å². The molecule has 3 aromatic rings. The van der Waals surface area contributed by atoms with E-state index in [1.54, 1.807) is 6.26 Å². The molecule has 1 saturated heterocycles. The van der Waals surface area contributed by atoms with Gasteiger partial charge in [0.05, 0.1) is 24.1 Å². The lowest BCUT2D eigenvalue weighted by Crippen LogP contribution is -2.40. The Hall–Kier alpha value is -2.54. The number of piperidine rings is 1. The van der Waals surface area contributed by atoms with Gasteiger partial charge in [-0.3, -0.25) is 9.36 Å². The minimum Gasteiger partial charge on any atom is -0.469 e. The summed E-state index contributed by atoms with van der Waals surface area (Å²) in [6, 6.07) is 12.1. The van der Waals surface area contributed by atoms with Crippen molar-refractivity contribution >= 4 is 17.7 Å². The number of nitrogens with zero attached hydrogens (tertiary/aromatic N) is 4. The largest absolute Gasteiger partial charge is 0.469 e. The SMILES string of the molecule is Cc1occc1-c1nnc(SCC(=O)N2CCCC(C)C2)n1Cc1ccccc1. The van der Waals surface area contributed by atoms with E-state index in [2.05, 4.69) is 33.8 Å². The maximum Gasteiger partial charge on any atom is 0.233 e. The molecule has 1 aliphatic rings. The van der Waals surface area contributed by atoms with Crippen LogP contribution in [0.25, 0.3) is 11.4 Å². The van der Waals surface area contributed by atoms with Crippen LogP contribution in [0.2, 0.25) is 0 Å².